The summed E-state index contributed by atoms with van der Waals surface area (Å²) in [5, 5.41) is 6.39. The molecule has 2 aliphatic heterocycles. The molecular formula is C24H34ClN5O4. The van der Waals surface area contributed by atoms with Crippen molar-refractivity contribution < 1.29 is 19.1 Å². The van der Waals surface area contributed by atoms with Crippen LogP contribution in [0.15, 0.2) is 35.5 Å². The smallest absolute Gasteiger partial charge is 0.338 e. The van der Waals surface area contributed by atoms with Crippen LogP contribution in [-0.4, -0.2) is 85.2 Å². The van der Waals surface area contributed by atoms with Gasteiger partial charge in [0.1, 0.15) is 0 Å². The molecule has 1 atom stereocenters. The molecule has 0 saturated carbocycles. The van der Waals surface area contributed by atoms with E-state index in [1.54, 1.807) is 24.0 Å². The molecule has 186 valence electrons. The number of esters is 1. The van der Waals surface area contributed by atoms with Gasteiger partial charge in [-0.15, -0.1) is 0 Å². The van der Waals surface area contributed by atoms with Crippen molar-refractivity contribution >= 4 is 29.6 Å². The number of hydrogen-bond donors (Lipinski definition) is 2. The number of ether oxygens (including phenoxy) is 1. The molecule has 0 aromatic heterocycles. The zero-order valence-electron chi connectivity index (χ0n) is 20.1. The first-order valence-electron chi connectivity index (χ1n) is 11.9. The van der Waals surface area contributed by atoms with Gasteiger partial charge >= 0.3 is 18.0 Å². The summed E-state index contributed by atoms with van der Waals surface area (Å²) in [6.45, 7) is 9.81. The van der Waals surface area contributed by atoms with Gasteiger partial charge in [0.25, 0.3) is 0 Å². The summed E-state index contributed by atoms with van der Waals surface area (Å²) in [6, 6.07) is 6.13. The zero-order chi connectivity index (χ0) is 24.7. The molecule has 2 N–H and O–H groups in total. The molecule has 0 spiro atoms. The Morgan fingerprint density at radius 1 is 1.12 bits per heavy atom. The summed E-state index contributed by atoms with van der Waals surface area (Å²) in [5.74, 6) is -0.449. The summed E-state index contributed by atoms with van der Waals surface area (Å²) in [5.41, 5.74) is 1.82. The van der Waals surface area contributed by atoms with Gasteiger partial charge < -0.3 is 20.3 Å². The van der Waals surface area contributed by atoms with Crippen LogP contribution in [0.4, 0.5) is 9.59 Å². The van der Waals surface area contributed by atoms with E-state index in [2.05, 4.69) is 15.5 Å². The molecule has 10 heteroatoms. The molecule has 0 bridgehead atoms. The average Bonchev–Trinajstić information content (AvgIpc) is 3.05. The highest BCUT2D eigenvalue weighted by molar-refractivity contribution is 6.30. The van der Waals surface area contributed by atoms with Crippen LogP contribution in [0.1, 0.15) is 38.8 Å². The van der Waals surface area contributed by atoms with Gasteiger partial charge in [0.15, 0.2) is 0 Å². The molecule has 0 aliphatic carbocycles. The molecule has 0 unspecified atom stereocenters. The van der Waals surface area contributed by atoms with Crippen LogP contribution in [0.25, 0.3) is 0 Å². The minimum atomic E-state index is -0.638. The molecule has 3 rings (SSSR count). The molecule has 1 saturated heterocycles. The first kappa shape index (κ1) is 25.8. The Bertz CT molecular complexity index is 920. The highest BCUT2D eigenvalue weighted by atomic mass is 35.5. The van der Waals surface area contributed by atoms with E-state index in [-0.39, 0.29) is 18.7 Å². The third-order valence-electron chi connectivity index (χ3n) is 6.03. The first-order valence-corrected chi connectivity index (χ1v) is 12.3. The van der Waals surface area contributed by atoms with Gasteiger partial charge in [-0.05, 0) is 44.9 Å². The summed E-state index contributed by atoms with van der Waals surface area (Å²) in [6.07, 6.45) is 0.804. The molecule has 34 heavy (non-hydrogen) atoms. The van der Waals surface area contributed by atoms with E-state index in [0.717, 1.165) is 18.5 Å². The normalized spacial score (nSPS) is 19.5. The summed E-state index contributed by atoms with van der Waals surface area (Å²) in [4.78, 5) is 44.1. The van der Waals surface area contributed by atoms with Crippen molar-refractivity contribution in [1.82, 2.24) is 25.3 Å². The maximum absolute atomic E-state index is 13.2. The van der Waals surface area contributed by atoms with Crippen LogP contribution in [0, 0.1) is 0 Å². The average molecular weight is 492 g/mol. The minimum absolute atomic E-state index is 0.0641. The minimum Gasteiger partial charge on any atom is -0.463 e. The van der Waals surface area contributed by atoms with E-state index in [9.17, 15) is 14.4 Å². The van der Waals surface area contributed by atoms with Crippen LogP contribution in [-0.2, 0) is 9.53 Å². The maximum Gasteiger partial charge on any atom is 0.338 e. The second kappa shape index (κ2) is 12.1. The lowest BCUT2D eigenvalue weighted by atomic mass is 9.94. The maximum atomic E-state index is 13.2. The van der Waals surface area contributed by atoms with Crippen molar-refractivity contribution in [3.8, 4) is 0 Å². The molecule has 1 aromatic carbocycles. The van der Waals surface area contributed by atoms with Crippen LogP contribution in [0.2, 0.25) is 5.02 Å². The van der Waals surface area contributed by atoms with Gasteiger partial charge in [0, 0.05) is 56.5 Å². The number of amides is 4. The third kappa shape index (κ3) is 6.01. The van der Waals surface area contributed by atoms with E-state index >= 15 is 0 Å². The third-order valence-corrected chi connectivity index (χ3v) is 6.28. The molecular weight excluding hydrogens is 458 g/mol. The summed E-state index contributed by atoms with van der Waals surface area (Å²) >= 11 is 6.06. The van der Waals surface area contributed by atoms with Gasteiger partial charge in [0.05, 0.1) is 18.2 Å². The van der Waals surface area contributed by atoms with Gasteiger partial charge in [-0.2, -0.15) is 0 Å². The standard InChI is InChI=1S/C24H34ClN5O4/c1-4-26-23(32)29-13-7-12-28(14-15-29)16-19-20(22(31)34-6-3)21(27-24(33)30(19)5-2)17-8-10-18(25)11-9-17/h8-11,21H,4-7,12-16H2,1-3H3,(H,26,32)(H,27,33)/t21-/m0/s1. The van der Waals surface area contributed by atoms with Crippen LogP contribution in [0.5, 0.6) is 0 Å². The number of likely N-dealkylation sites (N-methyl/N-ethyl adjacent to an activating group) is 1. The topological polar surface area (TPSA) is 94.2 Å². The van der Waals surface area contributed by atoms with Gasteiger partial charge in [-0.3, -0.25) is 9.80 Å². The summed E-state index contributed by atoms with van der Waals surface area (Å²) in [7, 11) is 0. The van der Waals surface area contributed by atoms with Crippen molar-refractivity contribution in [1.29, 1.82) is 0 Å². The fourth-order valence-corrected chi connectivity index (χ4v) is 4.50. The molecule has 1 aromatic rings. The number of nitrogens with one attached hydrogen (secondary N) is 2. The Kier molecular flexibility index (Phi) is 9.18. The number of carbonyl (C=O) groups excluding carboxylic acids is 3. The Morgan fingerprint density at radius 3 is 2.50 bits per heavy atom. The van der Waals surface area contributed by atoms with E-state index in [1.165, 1.54) is 0 Å². The number of nitrogens with zero attached hydrogens (tertiary/aromatic N) is 3. The highest BCUT2D eigenvalue weighted by Crippen LogP contribution is 2.32. The van der Waals surface area contributed by atoms with E-state index in [0.29, 0.717) is 55.6 Å². The van der Waals surface area contributed by atoms with Crippen molar-refractivity contribution in [2.24, 2.45) is 0 Å². The zero-order valence-corrected chi connectivity index (χ0v) is 20.9. The van der Waals surface area contributed by atoms with E-state index in [4.69, 9.17) is 16.3 Å². The van der Waals surface area contributed by atoms with Crippen molar-refractivity contribution in [3.05, 3.63) is 46.1 Å². The Morgan fingerprint density at radius 2 is 1.85 bits per heavy atom. The SMILES string of the molecule is CCNC(=O)N1CCCN(CC2=C(C(=O)OCC)[C@H](c3ccc(Cl)cc3)NC(=O)N2CC)CC1. The largest absolute Gasteiger partial charge is 0.463 e. The van der Waals surface area contributed by atoms with Crippen LogP contribution in [0.3, 0.4) is 0 Å². The Labute approximate surface area is 206 Å². The number of carbonyl (C=O) groups is 3. The fraction of sp³-hybridized carbons (Fsp3) is 0.542. The van der Waals surface area contributed by atoms with Crippen LogP contribution >= 0.6 is 11.6 Å². The first-order chi connectivity index (χ1) is 16.4. The lowest BCUT2D eigenvalue weighted by molar-refractivity contribution is -0.139. The second-order valence-electron chi connectivity index (χ2n) is 8.21. The fourth-order valence-electron chi connectivity index (χ4n) is 4.37. The second-order valence-corrected chi connectivity index (χ2v) is 8.65. The monoisotopic (exact) mass is 491 g/mol. The number of halogens is 1. The quantitative estimate of drug-likeness (QED) is 0.572. The molecule has 1 fully saturated rings. The number of urea groups is 2. The number of rotatable bonds is 7. The van der Waals surface area contributed by atoms with Gasteiger partial charge in [0.2, 0.25) is 0 Å². The lowest BCUT2D eigenvalue weighted by Crippen LogP contribution is -2.51. The number of benzene rings is 1. The summed E-state index contributed by atoms with van der Waals surface area (Å²) < 4.78 is 5.42. The lowest BCUT2D eigenvalue weighted by Gasteiger charge is -2.38. The molecule has 9 nitrogen and oxygen atoms in total. The van der Waals surface area contributed by atoms with Gasteiger partial charge in [-0.1, -0.05) is 23.7 Å². The Balaban J connectivity index is 1.95. The van der Waals surface area contributed by atoms with E-state index in [1.807, 2.05) is 30.9 Å². The van der Waals surface area contributed by atoms with Crippen LogP contribution < -0.4 is 10.6 Å². The van der Waals surface area contributed by atoms with Crippen molar-refractivity contribution in [2.75, 3.05) is 52.4 Å². The van der Waals surface area contributed by atoms with Crippen molar-refractivity contribution in [2.45, 2.75) is 33.2 Å². The van der Waals surface area contributed by atoms with Gasteiger partial charge in [-0.25, -0.2) is 14.4 Å². The van der Waals surface area contributed by atoms with E-state index < -0.39 is 12.0 Å². The molecule has 2 aliphatic rings. The predicted molar refractivity (Wildman–Crippen MR) is 130 cm³/mol. The molecule has 0 radical (unpaired) electrons. The molecule has 2 heterocycles. The highest BCUT2D eigenvalue weighted by Gasteiger charge is 2.38. The Hall–Kier alpha value is -2.78. The predicted octanol–water partition coefficient (Wildman–Crippen LogP) is 2.98. The molecule has 4 amide bonds. The number of hydrogen-bond acceptors (Lipinski definition) is 5. The van der Waals surface area contributed by atoms with Crippen molar-refractivity contribution in [3.63, 3.8) is 0 Å².